The van der Waals surface area contributed by atoms with Gasteiger partial charge in [0.15, 0.2) is 0 Å². The predicted molar refractivity (Wildman–Crippen MR) is 85.0 cm³/mol. The molecule has 1 saturated heterocycles. The molecule has 1 aliphatic heterocycles. The Morgan fingerprint density at radius 1 is 1.24 bits per heavy atom. The van der Waals surface area contributed by atoms with E-state index in [0.717, 1.165) is 19.6 Å². The van der Waals surface area contributed by atoms with Gasteiger partial charge in [-0.25, -0.2) is 0 Å². The van der Waals surface area contributed by atoms with Gasteiger partial charge in [-0.1, -0.05) is 6.92 Å². The lowest BCUT2D eigenvalue weighted by Crippen LogP contribution is -2.57. The second-order valence-electron chi connectivity index (χ2n) is 7.42. The summed E-state index contributed by atoms with van der Waals surface area (Å²) in [5.74, 6) is 0.585. The number of hydrogen-bond acceptors (Lipinski definition) is 4. The van der Waals surface area contributed by atoms with Crippen LogP contribution in [0.15, 0.2) is 0 Å². The van der Waals surface area contributed by atoms with E-state index in [1.807, 2.05) is 0 Å². The summed E-state index contributed by atoms with van der Waals surface area (Å²) in [6.45, 7) is 6.69. The molecule has 0 aromatic rings. The van der Waals surface area contributed by atoms with Gasteiger partial charge in [0.1, 0.15) is 5.54 Å². The largest absolute Gasteiger partial charge is 0.305 e. The first-order valence-electron chi connectivity index (χ1n) is 8.78. The highest BCUT2D eigenvalue weighted by Gasteiger charge is 2.49. The van der Waals surface area contributed by atoms with Gasteiger partial charge in [0.2, 0.25) is 0 Å². The van der Waals surface area contributed by atoms with E-state index in [9.17, 15) is 5.26 Å². The van der Waals surface area contributed by atoms with E-state index in [2.05, 4.69) is 35.2 Å². The molecule has 0 amide bonds. The molecule has 0 spiro atoms. The Morgan fingerprint density at radius 2 is 2.00 bits per heavy atom. The number of nitrogens with zero attached hydrogens (tertiary/aromatic N) is 3. The summed E-state index contributed by atoms with van der Waals surface area (Å²) in [6, 6.07) is 3.92. The topological polar surface area (TPSA) is 42.3 Å². The summed E-state index contributed by atoms with van der Waals surface area (Å²) in [5.41, 5.74) is -0.280. The van der Waals surface area contributed by atoms with Crippen LogP contribution < -0.4 is 5.32 Å². The maximum atomic E-state index is 9.93. The minimum absolute atomic E-state index is 0.280. The average Bonchev–Trinajstić information content (AvgIpc) is 3.33. The van der Waals surface area contributed by atoms with Crippen molar-refractivity contribution in [3.63, 3.8) is 0 Å². The van der Waals surface area contributed by atoms with Crippen molar-refractivity contribution in [1.29, 1.82) is 5.26 Å². The monoisotopic (exact) mass is 290 g/mol. The van der Waals surface area contributed by atoms with Crippen molar-refractivity contribution >= 4 is 0 Å². The molecule has 2 unspecified atom stereocenters. The number of nitrogens with one attached hydrogen (secondary N) is 1. The van der Waals surface area contributed by atoms with Gasteiger partial charge in [-0.05, 0) is 64.6 Å². The maximum Gasteiger partial charge on any atom is 0.122 e. The lowest BCUT2D eigenvalue weighted by atomic mass is 9.92. The molecular weight excluding hydrogens is 260 g/mol. The van der Waals surface area contributed by atoms with Gasteiger partial charge in [-0.3, -0.25) is 10.2 Å². The molecule has 3 aliphatic rings. The third-order valence-electron chi connectivity index (χ3n) is 5.46. The standard InChI is InChI=1S/C17H30N4/c1-3-16-11-20(2)9-4-10-21(16)13-17(12-18,14-5-6-14)19-15-7-8-15/h14-16,19H,3-11,13H2,1-2H3. The van der Waals surface area contributed by atoms with Crippen molar-refractivity contribution < 1.29 is 0 Å². The fourth-order valence-corrected chi connectivity index (χ4v) is 3.83. The third-order valence-corrected chi connectivity index (χ3v) is 5.46. The Balaban J connectivity index is 1.72. The van der Waals surface area contributed by atoms with Crippen molar-refractivity contribution in [3.05, 3.63) is 0 Å². The molecule has 1 N–H and O–H groups in total. The molecule has 0 radical (unpaired) electrons. The van der Waals surface area contributed by atoms with E-state index in [4.69, 9.17) is 0 Å². The van der Waals surface area contributed by atoms with Crippen LogP contribution in [0.3, 0.4) is 0 Å². The van der Waals surface area contributed by atoms with Crippen molar-refractivity contribution in [1.82, 2.24) is 15.1 Å². The molecule has 118 valence electrons. The Bertz CT molecular complexity index is 396. The average molecular weight is 290 g/mol. The van der Waals surface area contributed by atoms with Crippen LogP contribution in [0.4, 0.5) is 0 Å². The smallest absolute Gasteiger partial charge is 0.122 e. The quantitative estimate of drug-likeness (QED) is 0.810. The summed E-state index contributed by atoms with van der Waals surface area (Å²) < 4.78 is 0. The maximum absolute atomic E-state index is 9.93. The molecule has 2 saturated carbocycles. The number of likely N-dealkylation sites (N-methyl/N-ethyl adjacent to an activating group) is 1. The zero-order valence-corrected chi connectivity index (χ0v) is 13.6. The zero-order chi connectivity index (χ0) is 14.9. The summed E-state index contributed by atoms with van der Waals surface area (Å²) in [5, 5.41) is 13.6. The minimum Gasteiger partial charge on any atom is -0.305 e. The molecule has 2 atom stereocenters. The zero-order valence-electron chi connectivity index (χ0n) is 13.6. The van der Waals surface area contributed by atoms with Crippen LogP contribution >= 0.6 is 0 Å². The van der Waals surface area contributed by atoms with E-state index in [1.54, 1.807) is 0 Å². The van der Waals surface area contributed by atoms with Crippen LogP contribution in [0.2, 0.25) is 0 Å². The van der Waals surface area contributed by atoms with Crippen molar-refractivity contribution in [2.24, 2.45) is 5.92 Å². The Morgan fingerprint density at radius 3 is 2.57 bits per heavy atom. The van der Waals surface area contributed by atoms with Gasteiger partial charge < -0.3 is 4.90 Å². The van der Waals surface area contributed by atoms with Crippen molar-refractivity contribution in [2.45, 2.75) is 63.1 Å². The highest BCUT2D eigenvalue weighted by molar-refractivity contribution is 5.19. The van der Waals surface area contributed by atoms with Crippen LogP contribution in [0, 0.1) is 17.2 Å². The molecule has 4 nitrogen and oxygen atoms in total. The Hall–Kier alpha value is -0.630. The van der Waals surface area contributed by atoms with Gasteiger partial charge in [0.25, 0.3) is 0 Å². The lowest BCUT2D eigenvalue weighted by Gasteiger charge is -2.38. The van der Waals surface area contributed by atoms with Gasteiger partial charge in [0.05, 0.1) is 6.07 Å². The Labute approximate surface area is 129 Å². The lowest BCUT2D eigenvalue weighted by molar-refractivity contribution is 0.138. The first kappa shape index (κ1) is 15.3. The molecule has 1 heterocycles. The van der Waals surface area contributed by atoms with E-state index >= 15 is 0 Å². The summed E-state index contributed by atoms with van der Waals surface area (Å²) in [7, 11) is 2.23. The highest BCUT2D eigenvalue weighted by Crippen LogP contribution is 2.42. The molecule has 0 bridgehead atoms. The molecule has 3 rings (SSSR count). The van der Waals surface area contributed by atoms with Crippen molar-refractivity contribution in [3.8, 4) is 6.07 Å². The van der Waals surface area contributed by atoms with Crippen LogP contribution in [0.25, 0.3) is 0 Å². The SMILES string of the molecule is CCC1CN(C)CCCN1CC(C#N)(NC1CC1)C1CC1. The van der Waals surface area contributed by atoms with Gasteiger partial charge >= 0.3 is 0 Å². The van der Waals surface area contributed by atoms with Crippen LogP contribution in [-0.2, 0) is 0 Å². The Kier molecular flexibility index (Phi) is 4.54. The molecule has 4 heteroatoms. The fourth-order valence-electron chi connectivity index (χ4n) is 3.83. The summed E-state index contributed by atoms with van der Waals surface area (Å²) >= 11 is 0. The first-order chi connectivity index (χ1) is 10.2. The second kappa shape index (κ2) is 6.24. The number of nitriles is 1. The van der Waals surface area contributed by atoms with E-state index in [0.29, 0.717) is 18.0 Å². The molecule has 0 aromatic carbocycles. The highest BCUT2D eigenvalue weighted by atomic mass is 15.3. The summed E-state index contributed by atoms with van der Waals surface area (Å²) in [6.07, 6.45) is 7.39. The fraction of sp³-hybridized carbons (Fsp3) is 0.941. The third kappa shape index (κ3) is 3.59. The van der Waals surface area contributed by atoms with Crippen LogP contribution in [-0.4, -0.2) is 60.6 Å². The van der Waals surface area contributed by atoms with Crippen LogP contribution in [0.1, 0.15) is 45.4 Å². The molecule has 0 aromatic heterocycles. The second-order valence-corrected chi connectivity index (χ2v) is 7.42. The predicted octanol–water partition coefficient (Wildman–Crippen LogP) is 1.83. The van der Waals surface area contributed by atoms with E-state index in [-0.39, 0.29) is 5.54 Å². The van der Waals surface area contributed by atoms with Gasteiger partial charge in [-0.15, -0.1) is 0 Å². The molecule has 2 aliphatic carbocycles. The molecule has 3 fully saturated rings. The number of hydrogen-bond donors (Lipinski definition) is 1. The molecule has 21 heavy (non-hydrogen) atoms. The van der Waals surface area contributed by atoms with Crippen molar-refractivity contribution in [2.75, 3.05) is 33.2 Å². The van der Waals surface area contributed by atoms with Gasteiger partial charge in [0, 0.05) is 25.2 Å². The normalized spacial score (nSPS) is 31.4. The van der Waals surface area contributed by atoms with E-state index in [1.165, 1.54) is 45.1 Å². The van der Waals surface area contributed by atoms with Crippen LogP contribution in [0.5, 0.6) is 0 Å². The molecular formula is C17H30N4. The van der Waals surface area contributed by atoms with E-state index < -0.39 is 0 Å². The summed E-state index contributed by atoms with van der Waals surface area (Å²) in [4.78, 5) is 5.06. The minimum atomic E-state index is -0.280. The first-order valence-corrected chi connectivity index (χ1v) is 8.78. The number of rotatable bonds is 6. The van der Waals surface area contributed by atoms with Gasteiger partial charge in [-0.2, -0.15) is 5.26 Å².